The van der Waals surface area contributed by atoms with E-state index in [-0.39, 0.29) is 5.82 Å². The fourth-order valence-electron chi connectivity index (χ4n) is 2.75. The maximum absolute atomic E-state index is 13.3. The van der Waals surface area contributed by atoms with Crippen LogP contribution in [0.1, 0.15) is 49.4 Å². The van der Waals surface area contributed by atoms with Gasteiger partial charge in [0.05, 0.1) is 0 Å². The van der Waals surface area contributed by atoms with Crippen molar-refractivity contribution in [3.63, 3.8) is 0 Å². The normalized spacial score (nSPS) is 14.7. The summed E-state index contributed by atoms with van der Waals surface area (Å²) in [5.41, 5.74) is 3.35. The van der Waals surface area contributed by atoms with Crippen molar-refractivity contribution in [2.24, 2.45) is 5.92 Å². The predicted octanol–water partition coefficient (Wildman–Crippen LogP) is 4.14. The monoisotopic (exact) mass is 237 g/mol. The van der Waals surface area contributed by atoms with Crippen LogP contribution in [0.4, 0.5) is 4.39 Å². The van der Waals surface area contributed by atoms with Gasteiger partial charge in [0.15, 0.2) is 0 Å². The zero-order valence-electron chi connectivity index (χ0n) is 11.6. The lowest BCUT2D eigenvalue weighted by Crippen LogP contribution is -2.25. The smallest absolute Gasteiger partial charge is 0.123 e. The zero-order valence-corrected chi connectivity index (χ0v) is 11.6. The molecule has 0 aliphatic rings. The van der Waals surface area contributed by atoms with Gasteiger partial charge in [0, 0.05) is 6.04 Å². The summed E-state index contributed by atoms with van der Waals surface area (Å²) in [4.78, 5) is 0. The molecule has 0 amide bonds. The van der Waals surface area contributed by atoms with E-state index in [1.54, 1.807) is 12.1 Å². The minimum atomic E-state index is -0.137. The minimum absolute atomic E-state index is 0.137. The van der Waals surface area contributed by atoms with E-state index in [1.165, 1.54) is 18.4 Å². The van der Waals surface area contributed by atoms with E-state index in [0.29, 0.717) is 12.0 Å². The third kappa shape index (κ3) is 3.29. The number of rotatable bonds is 5. The van der Waals surface area contributed by atoms with Gasteiger partial charge in [0.25, 0.3) is 0 Å². The third-order valence-electron chi connectivity index (χ3n) is 3.49. The van der Waals surface area contributed by atoms with E-state index in [1.807, 2.05) is 20.9 Å². The van der Waals surface area contributed by atoms with Crippen molar-refractivity contribution in [2.75, 3.05) is 7.05 Å². The largest absolute Gasteiger partial charge is 0.313 e. The molecule has 1 rings (SSSR count). The van der Waals surface area contributed by atoms with Crippen molar-refractivity contribution >= 4 is 0 Å². The Morgan fingerprint density at radius 3 is 2.18 bits per heavy atom. The lowest BCUT2D eigenvalue weighted by atomic mass is 9.86. The van der Waals surface area contributed by atoms with Crippen LogP contribution in [0.5, 0.6) is 0 Å². The number of nitrogens with one attached hydrogen (secondary N) is 1. The average Bonchev–Trinajstić information content (AvgIpc) is 2.23. The molecule has 0 radical (unpaired) electrons. The highest BCUT2D eigenvalue weighted by Gasteiger charge is 2.20. The van der Waals surface area contributed by atoms with E-state index < -0.39 is 0 Å². The van der Waals surface area contributed by atoms with Crippen LogP contribution in [0, 0.1) is 25.6 Å². The number of aryl methyl sites for hydroxylation is 2. The molecule has 17 heavy (non-hydrogen) atoms. The van der Waals surface area contributed by atoms with Crippen LogP contribution in [-0.2, 0) is 0 Å². The van der Waals surface area contributed by atoms with Crippen LogP contribution in [0.2, 0.25) is 0 Å². The Labute approximate surface area is 104 Å². The molecule has 2 heteroatoms. The van der Waals surface area contributed by atoms with Crippen LogP contribution in [0.3, 0.4) is 0 Å². The van der Waals surface area contributed by atoms with Crippen LogP contribution in [0.25, 0.3) is 0 Å². The molecule has 0 fully saturated rings. The van der Waals surface area contributed by atoms with Gasteiger partial charge in [-0.25, -0.2) is 4.39 Å². The number of hydrogen-bond donors (Lipinski definition) is 1. The van der Waals surface area contributed by atoms with Gasteiger partial charge in [-0.1, -0.05) is 20.3 Å². The van der Waals surface area contributed by atoms with E-state index >= 15 is 0 Å². The molecule has 0 saturated heterocycles. The summed E-state index contributed by atoms with van der Waals surface area (Å²) < 4.78 is 13.3. The van der Waals surface area contributed by atoms with E-state index in [0.717, 1.165) is 11.1 Å². The maximum atomic E-state index is 13.3. The molecule has 1 N–H and O–H groups in total. The fourth-order valence-corrected chi connectivity index (χ4v) is 2.75. The number of halogens is 1. The van der Waals surface area contributed by atoms with Crippen molar-refractivity contribution in [2.45, 2.75) is 46.6 Å². The molecule has 0 bridgehead atoms. The molecule has 0 spiro atoms. The van der Waals surface area contributed by atoms with E-state index in [4.69, 9.17) is 0 Å². The molecule has 1 aromatic carbocycles. The van der Waals surface area contributed by atoms with E-state index in [9.17, 15) is 4.39 Å². The van der Waals surface area contributed by atoms with Crippen molar-refractivity contribution < 1.29 is 4.39 Å². The van der Waals surface area contributed by atoms with Gasteiger partial charge in [-0.2, -0.15) is 0 Å². The molecule has 1 nitrogen and oxygen atoms in total. The summed E-state index contributed by atoms with van der Waals surface area (Å²) in [5, 5.41) is 3.38. The summed E-state index contributed by atoms with van der Waals surface area (Å²) in [5.74, 6) is 0.426. The molecule has 0 aromatic heterocycles. The fraction of sp³-hybridized carbons (Fsp3) is 0.600. The molecular weight excluding hydrogens is 213 g/mol. The Morgan fingerprint density at radius 2 is 1.76 bits per heavy atom. The van der Waals surface area contributed by atoms with Gasteiger partial charge >= 0.3 is 0 Å². The lowest BCUT2D eigenvalue weighted by Gasteiger charge is -2.27. The van der Waals surface area contributed by atoms with Crippen LogP contribution in [0.15, 0.2) is 12.1 Å². The molecule has 0 aliphatic carbocycles. The molecule has 2 atom stereocenters. The van der Waals surface area contributed by atoms with Gasteiger partial charge in [-0.15, -0.1) is 0 Å². The Hall–Kier alpha value is -0.890. The Bertz CT molecular complexity index is 350. The summed E-state index contributed by atoms with van der Waals surface area (Å²) in [6, 6.07) is 3.58. The number of hydrogen-bond acceptors (Lipinski definition) is 1. The Morgan fingerprint density at radius 1 is 1.24 bits per heavy atom. The zero-order chi connectivity index (χ0) is 13.0. The molecule has 96 valence electrons. The first kappa shape index (κ1) is 14.2. The first-order chi connectivity index (χ1) is 8.01. The maximum Gasteiger partial charge on any atom is 0.123 e. The van der Waals surface area contributed by atoms with Crippen molar-refractivity contribution in [3.8, 4) is 0 Å². The highest BCUT2D eigenvalue weighted by Crippen LogP contribution is 2.30. The molecule has 2 unspecified atom stereocenters. The highest BCUT2D eigenvalue weighted by atomic mass is 19.1. The van der Waals surface area contributed by atoms with Gasteiger partial charge < -0.3 is 5.32 Å². The summed E-state index contributed by atoms with van der Waals surface area (Å²) in [6.45, 7) is 8.45. The highest BCUT2D eigenvalue weighted by molar-refractivity contribution is 5.37. The van der Waals surface area contributed by atoms with Gasteiger partial charge in [-0.05, 0) is 62.1 Å². The molecule has 1 aromatic rings. The minimum Gasteiger partial charge on any atom is -0.313 e. The molecule has 0 heterocycles. The van der Waals surface area contributed by atoms with Crippen LogP contribution in [-0.4, -0.2) is 7.05 Å². The Balaban J connectivity index is 3.11. The Kier molecular flexibility index (Phi) is 5.13. The first-order valence-corrected chi connectivity index (χ1v) is 6.45. The second-order valence-corrected chi connectivity index (χ2v) is 4.99. The van der Waals surface area contributed by atoms with Crippen LogP contribution < -0.4 is 5.32 Å². The second kappa shape index (κ2) is 6.15. The predicted molar refractivity (Wildman–Crippen MR) is 71.7 cm³/mol. The molecule has 0 aliphatic heterocycles. The van der Waals surface area contributed by atoms with E-state index in [2.05, 4.69) is 19.2 Å². The standard InChI is InChI=1S/C15H24FN/c1-6-7-10(2)15(17-5)14-11(3)8-13(16)9-12(14)4/h8-10,15,17H,6-7H2,1-5H3. The van der Waals surface area contributed by atoms with Crippen molar-refractivity contribution in [1.82, 2.24) is 5.32 Å². The molecule has 0 saturated carbocycles. The SMILES string of the molecule is CCCC(C)C(NC)c1c(C)cc(F)cc1C. The third-order valence-corrected chi connectivity index (χ3v) is 3.49. The summed E-state index contributed by atoms with van der Waals surface area (Å²) >= 11 is 0. The number of benzene rings is 1. The summed E-state index contributed by atoms with van der Waals surface area (Å²) in [7, 11) is 1.99. The van der Waals surface area contributed by atoms with Crippen LogP contribution >= 0.6 is 0 Å². The quantitative estimate of drug-likeness (QED) is 0.811. The van der Waals surface area contributed by atoms with Gasteiger partial charge in [0.2, 0.25) is 0 Å². The molecular formula is C15H24FN. The second-order valence-electron chi connectivity index (χ2n) is 4.99. The van der Waals surface area contributed by atoms with Gasteiger partial charge in [-0.3, -0.25) is 0 Å². The topological polar surface area (TPSA) is 12.0 Å². The first-order valence-electron chi connectivity index (χ1n) is 6.45. The van der Waals surface area contributed by atoms with Crippen molar-refractivity contribution in [3.05, 3.63) is 34.6 Å². The van der Waals surface area contributed by atoms with Crippen molar-refractivity contribution in [1.29, 1.82) is 0 Å². The average molecular weight is 237 g/mol. The summed E-state index contributed by atoms with van der Waals surface area (Å²) in [6.07, 6.45) is 2.36. The van der Waals surface area contributed by atoms with Gasteiger partial charge in [0.1, 0.15) is 5.82 Å². The lowest BCUT2D eigenvalue weighted by molar-refractivity contribution is 0.381.